The molecule has 37 heavy (non-hydrogen) atoms. The Labute approximate surface area is 221 Å². The van der Waals surface area contributed by atoms with Gasteiger partial charge in [0.15, 0.2) is 15.7 Å². The molecule has 10 nitrogen and oxygen atoms in total. The van der Waals surface area contributed by atoms with Gasteiger partial charge >= 0.3 is 5.97 Å². The highest BCUT2D eigenvalue weighted by molar-refractivity contribution is 7.92. The van der Waals surface area contributed by atoms with Gasteiger partial charge < -0.3 is 25.4 Å². The second kappa shape index (κ2) is 12.7. The third kappa shape index (κ3) is 7.31. The fourth-order valence-electron chi connectivity index (χ4n) is 3.34. The van der Waals surface area contributed by atoms with Crippen molar-refractivity contribution in [3.8, 4) is 5.75 Å². The number of methoxy groups -OCH3 is 2. The topological polar surface area (TPSA) is 132 Å². The fraction of sp³-hybridized carbons (Fsp3) is 0.320. The summed E-state index contributed by atoms with van der Waals surface area (Å²) in [6.07, 6.45) is 2.08. The Bertz CT molecular complexity index is 1350. The molecular weight excluding hydrogens is 518 g/mol. The Morgan fingerprint density at radius 3 is 2.54 bits per heavy atom. The lowest BCUT2D eigenvalue weighted by Gasteiger charge is -2.16. The molecule has 12 heteroatoms. The molecule has 0 atom stereocenters. The SMILES string of the molecule is COC(=O)CNCCc1ccc(OC)c(Nc2ncc(Cl)c(Nc3ccccc3S(=O)(=O)C(C)C)n2)c1. The zero-order valence-electron chi connectivity index (χ0n) is 21.0. The second-order valence-electron chi connectivity index (χ2n) is 8.27. The summed E-state index contributed by atoms with van der Waals surface area (Å²) in [7, 11) is -0.641. The largest absolute Gasteiger partial charge is 0.495 e. The summed E-state index contributed by atoms with van der Waals surface area (Å²) in [5.41, 5.74) is 1.98. The number of anilines is 4. The maximum Gasteiger partial charge on any atom is 0.319 e. The zero-order valence-corrected chi connectivity index (χ0v) is 22.6. The highest BCUT2D eigenvalue weighted by atomic mass is 35.5. The van der Waals surface area contributed by atoms with Crippen LogP contribution in [0.25, 0.3) is 0 Å². The maximum atomic E-state index is 12.8. The first kappa shape index (κ1) is 28.2. The molecule has 0 aliphatic carbocycles. The summed E-state index contributed by atoms with van der Waals surface area (Å²) in [6, 6.07) is 12.2. The fourth-order valence-corrected chi connectivity index (χ4v) is 4.68. The minimum Gasteiger partial charge on any atom is -0.495 e. The van der Waals surface area contributed by atoms with Crippen LogP contribution in [0.1, 0.15) is 19.4 Å². The molecule has 2 aromatic carbocycles. The molecule has 1 aromatic heterocycles. The number of nitrogens with one attached hydrogen (secondary N) is 3. The van der Waals surface area contributed by atoms with E-state index in [1.807, 2.05) is 18.2 Å². The lowest BCUT2D eigenvalue weighted by Crippen LogP contribution is -2.25. The molecule has 0 saturated heterocycles. The van der Waals surface area contributed by atoms with Gasteiger partial charge in [0.2, 0.25) is 5.95 Å². The Morgan fingerprint density at radius 1 is 1.08 bits per heavy atom. The number of nitrogens with zero attached hydrogens (tertiary/aromatic N) is 2. The molecule has 0 unspecified atom stereocenters. The Balaban J connectivity index is 1.82. The number of para-hydroxylation sites is 1. The lowest BCUT2D eigenvalue weighted by atomic mass is 10.1. The summed E-state index contributed by atoms with van der Waals surface area (Å²) in [4.78, 5) is 20.1. The van der Waals surface area contributed by atoms with Crippen LogP contribution in [-0.2, 0) is 25.8 Å². The molecule has 0 aliphatic rings. The van der Waals surface area contributed by atoms with Crippen molar-refractivity contribution >= 4 is 50.5 Å². The van der Waals surface area contributed by atoms with Crippen molar-refractivity contribution in [2.45, 2.75) is 30.4 Å². The Kier molecular flexibility index (Phi) is 9.67. The van der Waals surface area contributed by atoms with Crippen LogP contribution >= 0.6 is 11.6 Å². The van der Waals surface area contributed by atoms with Gasteiger partial charge in [-0.25, -0.2) is 13.4 Å². The van der Waals surface area contributed by atoms with Crippen molar-refractivity contribution in [1.82, 2.24) is 15.3 Å². The maximum absolute atomic E-state index is 12.8. The normalized spacial score (nSPS) is 11.3. The van der Waals surface area contributed by atoms with Gasteiger partial charge in [0, 0.05) is 0 Å². The summed E-state index contributed by atoms with van der Waals surface area (Å²) < 4.78 is 35.7. The predicted octanol–water partition coefficient (Wildman–Crippen LogP) is 4.11. The molecule has 3 rings (SSSR count). The number of hydrogen-bond donors (Lipinski definition) is 3. The van der Waals surface area contributed by atoms with Crippen LogP contribution in [0.4, 0.5) is 23.1 Å². The van der Waals surface area contributed by atoms with Gasteiger partial charge in [0.05, 0.1) is 48.5 Å². The van der Waals surface area contributed by atoms with Crippen molar-refractivity contribution in [2.75, 3.05) is 37.9 Å². The summed E-state index contributed by atoms with van der Waals surface area (Å²) in [5, 5.41) is 8.83. The van der Waals surface area contributed by atoms with E-state index in [1.54, 1.807) is 45.2 Å². The lowest BCUT2D eigenvalue weighted by molar-refractivity contribution is -0.139. The Morgan fingerprint density at radius 2 is 1.84 bits per heavy atom. The number of ether oxygens (including phenoxy) is 2. The van der Waals surface area contributed by atoms with Gasteiger partial charge in [-0.2, -0.15) is 4.98 Å². The van der Waals surface area contributed by atoms with E-state index < -0.39 is 15.1 Å². The number of carbonyl (C=O) groups is 1. The van der Waals surface area contributed by atoms with Crippen LogP contribution in [0, 0.1) is 0 Å². The standard InChI is InChI=1S/C25H30ClN5O5S/c1-16(2)37(33,34)22-8-6-5-7-19(22)29-24-18(26)14-28-25(31-24)30-20-13-17(9-10-21(20)35-3)11-12-27-15-23(32)36-4/h5-10,13-14,16,27H,11-12,15H2,1-4H3,(H2,28,29,30,31). The molecule has 1 heterocycles. The highest BCUT2D eigenvalue weighted by Gasteiger charge is 2.23. The van der Waals surface area contributed by atoms with Crippen LogP contribution < -0.4 is 20.7 Å². The second-order valence-corrected chi connectivity index (χ2v) is 11.1. The van der Waals surface area contributed by atoms with Crippen molar-refractivity contribution in [2.24, 2.45) is 0 Å². The van der Waals surface area contributed by atoms with Gasteiger partial charge in [-0.15, -0.1) is 0 Å². The molecular formula is C25H30ClN5O5S. The number of halogens is 1. The minimum absolute atomic E-state index is 0.133. The monoisotopic (exact) mass is 547 g/mol. The quantitative estimate of drug-likeness (QED) is 0.225. The molecule has 0 aliphatic heterocycles. The van der Waals surface area contributed by atoms with E-state index in [1.165, 1.54) is 13.3 Å². The Hall–Kier alpha value is -3.41. The molecule has 0 fully saturated rings. The van der Waals surface area contributed by atoms with Gasteiger partial charge in [-0.05, 0) is 56.6 Å². The van der Waals surface area contributed by atoms with Gasteiger partial charge in [-0.1, -0.05) is 29.8 Å². The summed E-state index contributed by atoms with van der Waals surface area (Å²) in [6.45, 7) is 3.96. The number of benzene rings is 2. The van der Waals surface area contributed by atoms with Crippen molar-refractivity contribution < 1.29 is 22.7 Å². The first-order chi connectivity index (χ1) is 17.6. The summed E-state index contributed by atoms with van der Waals surface area (Å²) >= 11 is 6.34. The molecule has 0 bridgehead atoms. The molecule has 3 aromatic rings. The smallest absolute Gasteiger partial charge is 0.319 e. The summed E-state index contributed by atoms with van der Waals surface area (Å²) in [5.74, 6) is 0.724. The van der Waals surface area contributed by atoms with Gasteiger partial charge in [-0.3, -0.25) is 4.79 Å². The average Bonchev–Trinajstić information content (AvgIpc) is 2.88. The average molecular weight is 548 g/mol. The van der Waals surface area contributed by atoms with E-state index in [-0.39, 0.29) is 34.2 Å². The molecule has 0 amide bonds. The zero-order chi connectivity index (χ0) is 27.0. The molecule has 0 radical (unpaired) electrons. The minimum atomic E-state index is -3.54. The van der Waals surface area contributed by atoms with Crippen LogP contribution in [0.15, 0.2) is 53.6 Å². The first-order valence-corrected chi connectivity index (χ1v) is 13.4. The van der Waals surface area contributed by atoms with Gasteiger partial charge in [0.1, 0.15) is 10.8 Å². The van der Waals surface area contributed by atoms with E-state index in [2.05, 4.69) is 30.7 Å². The number of esters is 1. The number of sulfone groups is 1. The number of hydrogen-bond acceptors (Lipinski definition) is 10. The number of carbonyl (C=O) groups excluding carboxylic acids is 1. The molecule has 0 spiro atoms. The van der Waals surface area contributed by atoms with E-state index in [0.717, 1.165) is 5.56 Å². The van der Waals surface area contributed by atoms with E-state index in [9.17, 15) is 13.2 Å². The third-order valence-corrected chi connectivity index (χ3v) is 7.90. The third-order valence-electron chi connectivity index (χ3n) is 5.41. The highest BCUT2D eigenvalue weighted by Crippen LogP contribution is 2.32. The predicted molar refractivity (Wildman–Crippen MR) is 144 cm³/mol. The van der Waals surface area contributed by atoms with E-state index >= 15 is 0 Å². The van der Waals surface area contributed by atoms with Crippen LogP contribution in [0.3, 0.4) is 0 Å². The van der Waals surface area contributed by atoms with Crippen molar-refractivity contribution in [3.05, 3.63) is 59.2 Å². The van der Waals surface area contributed by atoms with Crippen molar-refractivity contribution in [3.63, 3.8) is 0 Å². The number of rotatable bonds is 12. The van der Waals surface area contributed by atoms with Crippen LogP contribution in [0.5, 0.6) is 5.75 Å². The molecule has 198 valence electrons. The van der Waals surface area contributed by atoms with Gasteiger partial charge in [0.25, 0.3) is 0 Å². The first-order valence-electron chi connectivity index (χ1n) is 11.5. The number of aromatic nitrogens is 2. The van der Waals surface area contributed by atoms with E-state index in [0.29, 0.717) is 30.1 Å². The van der Waals surface area contributed by atoms with E-state index in [4.69, 9.17) is 16.3 Å². The van der Waals surface area contributed by atoms with Crippen LogP contribution in [-0.4, -0.2) is 56.9 Å². The van der Waals surface area contributed by atoms with Crippen LogP contribution in [0.2, 0.25) is 5.02 Å². The van der Waals surface area contributed by atoms with Crippen molar-refractivity contribution in [1.29, 1.82) is 0 Å². The molecule has 3 N–H and O–H groups in total. The molecule has 0 saturated carbocycles.